The van der Waals surface area contributed by atoms with Crippen LogP contribution in [-0.2, 0) is 17.7 Å². The fourth-order valence-electron chi connectivity index (χ4n) is 1.47. The zero-order chi connectivity index (χ0) is 12.8. The molecule has 0 radical (unpaired) electrons. The third kappa shape index (κ3) is 3.11. The molecule has 0 amide bonds. The Bertz CT molecular complexity index is 480. The van der Waals surface area contributed by atoms with E-state index in [-0.39, 0.29) is 0 Å². The van der Waals surface area contributed by atoms with Gasteiger partial charge in [-0.15, -0.1) is 5.10 Å². The highest BCUT2D eigenvalue weighted by molar-refractivity contribution is 5.43. The van der Waals surface area contributed by atoms with Crippen molar-refractivity contribution in [1.82, 2.24) is 25.1 Å². The predicted molar refractivity (Wildman–Crippen MR) is 62.6 cm³/mol. The van der Waals surface area contributed by atoms with E-state index in [0.29, 0.717) is 43.5 Å². The summed E-state index contributed by atoms with van der Waals surface area (Å²) >= 11 is 0. The van der Waals surface area contributed by atoms with Crippen molar-refractivity contribution < 1.29 is 9.26 Å². The molecule has 0 atom stereocenters. The van der Waals surface area contributed by atoms with Crippen LogP contribution in [0.1, 0.15) is 12.2 Å². The molecule has 0 saturated carbocycles. The summed E-state index contributed by atoms with van der Waals surface area (Å²) in [6.45, 7) is 1.80. The summed E-state index contributed by atoms with van der Waals surface area (Å²) in [5, 5.41) is 11.7. The van der Waals surface area contributed by atoms with Gasteiger partial charge < -0.3 is 15.0 Å². The summed E-state index contributed by atoms with van der Waals surface area (Å²) in [7, 11) is 1.66. The van der Waals surface area contributed by atoms with Crippen LogP contribution in [0.15, 0.2) is 10.7 Å². The van der Waals surface area contributed by atoms with E-state index >= 15 is 0 Å². The molecule has 0 unspecified atom stereocenters. The van der Waals surface area contributed by atoms with Crippen LogP contribution in [0, 0.1) is 0 Å². The van der Waals surface area contributed by atoms with Gasteiger partial charge in [0.1, 0.15) is 0 Å². The second kappa shape index (κ2) is 6.22. The van der Waals surface area contributed by atoms with Gasteiger partial charge in [-0.1, -0.05) is 10.4 Å². The van der Waals surface area contributed by atoms with Crippen LogP contribution in [-0.4, -0.2) is 45.4 Å². The summed E-state index contributed by atoms with van der Waals surface area (Å²) in [5.74, 6) is 1.03. The van der Waals surface area contributed by atoms with Crippen molar-refractivity contribution >= 4 is 0 Å². The third-order valence-electron chi connectivity index (χ3n) is 2.33. The first kappa shape index (κ1) is 12.7. The first-order valence-corrected chi connectivity index (χ1v) is 5.75. The van der Waals surface area contributed by atoms with Gasteiger partial charge in [-0.05, 0) is 6.42 Å². The molecule has 0 fully saturated rings. The second-order valence-corrected chi connectivity index (χ2v) is 3.77. The quantitative estimate of drug-likeness (QED) is 0.684. The molecule has 2 rings (SSSR count). The van der Waals surface area contributed by atoms with Gasteiger partial charge in [0.2, 0.25) is 0 Å². The lowest BCUT2D eigenvalue weighted by atomic mass is 10.3. The zero-order valence-corrected chi connectivity index (χ0v) is 10.2. The maximum Gasteiger partial charge on any atom is 0.280 e. The number of nitrogens with zero attached hydrogens (tertiary/aromatic N) is 5. The highest BCUT2D eigenvalue weighted by atomic mass is 16.5. The Labute approximate surface area is 104 Å². The minimum absolute atomic E-state index is 0.380. The number of methoxy groups -OCH3 is 1. The maximum absolute atomic E-state index is 5.43. The van der Waals surface area contributed by atoms with Crippen LogP contribution in [0.3, 0.4) is 0 Å². The normalized spacial score (nSPS) is 11.0. The lowest BCUT2D eigenvalue weighted by molar-refractivity contribution is 0.194. The number of hydrogen-bond acceptors (Lipinski definition) is 7. The molecule has 2 aromatic rings. The van der Waals surface area contributed by atoms with E-state index in [1.54, 1.807) is 18.0 Å². The Hall–Kier alpha value is -1.80. The molecule has 0 aliphatic rings. The lowest BCUT2D eigenvalue weighted by Crippen LogP contribution is -2.10. The minimum atomic E-state index is 0.380. The molecular weight excluding hydrogens is 236 g/mol. The van der Waals surface area contributed by atoms with E-state index in [1.807, 2.05) is 0 Å². The Morgan fingerprint density at radius 3 is 3.17 bits per heavy atom. The molecule has 8 nitrogen and oxygen atoms in total. The second-order valence-electron chi connectivity index (χ2n) is 3.77. The molecule has 0 aliphatic carbocycles. The number of nitrogens with two attached hydrogens (primary N) is 1. The summed E-state index contributed by atoms with van der Waals surface area (Å²) in [6, 6.07) is 0. The molecule has 0 aromatic carbocycles. The predicted octanol–water partition coefficient (Wildman–Crippen LogP) is -0.134. The largest absolute Gasteiger partial charge is 0.385 e. The van der Waals surface area contributed by atoms with Gasteiger partial charge in [0.15, 0.2) is 11.5 Å². The maximum atomic E-state index is 5.43. The van der Waals surface area contributed by atoms with Gasteiger partial charge in [-0.3, -0.25) is 4.68 Å². The highest BCUT2D eigenvalue weighted by Gasteiger charge is 2.12. The first-order valence-electron chi connectivity index (χ1n) is 5.75. The first-order chi connectivity index (χ1) is 8.83. The average molecular weight is 252 g/mol. The summed E-state index contributed by atoms with van der Waals surface area (Å²) < 4.78 is 11.7. The van der Waals surface area contributed by atoms with Crippen molar-refractivity contribution in [3.8, 4) is 11.6 Å². The van der Waals surface area contributed by atoms with Gasteiger partial charge in [0, 0.05) is 26.7 Å². The third-order valence-corrected chi connectivity index (χ3v) is 2.33. The highest BCUT2D eigenvalue weighted by Crippen LogP contribution is 2.13. The fourth-order valence-corrected chi connectivity index (χ4v) is 1.47. The molecule has 2 heterocycles. The summed E-state index contributed by atoms with van der Waals surface area (Å²) in [4.78, 5) is 4.25. The van der Waals surface area contributed by atoms with Crippen molar-refractivity contribution in [2.45, 2.75) is 19.4 Å². The molecule has 0 spiro atoms. The van der Waals surface area contributed by atoms with Crippen LogP contribution in [0.25, 0.3) is 11.6 Å². The molecule has 0 saturated heterocycles. The summed E-state index contributed by atoms with van der Waals surface area (Å²) in [5.41, 5.74) is 5.99. The van der Waals surface area contributed by atoms with Crippen LogP contribution < -0.4 is 5.73 Å². The van der Waals surface area contributed by atoms with Crippen molar-refractivity contribution in [2.75, 3.05) is 20.3 Å². The van der Waals surface area contributed by atoms with Crippen LogP contribution in [0.2, 0.25) is 0 Å². The van der Waals surface area contributed by atoms with E-state index in [2.05, 4.69) is 20.5 Å². The number of rotatable bonds is 7. The van der Waals surface area contributed by atoms with Crippen molar-refractivity contribution in [1.29, 1.82) is 0 Å². The number of hydrogen-bond donors (Lipinski definition) is 1. The van der Waals surface area contributed by atoms with E-state index in [1.165, 1.54) is 0 Å². The van der Waals surface area contributed by atoms with Gasteiger partial charge in [0.25, 0.3) is 5.89 Å². The van der Waals surface area contributed by atoms with Crippen LogP contribution >= 0.6 is 0 Å². The van der Waals surface area contributed by atoms with E-state index in [0.717, 1.165) is 6.42 Å². The molecule has 0 aliphatic heterocycles. The van der Waals surface area contributed by atoms with Gasteiger partial charge in [-0.25, -0.2) is 0 Å². The molecule has 8 heteroatoms. The zero-order valence-electron chi connectivity index (χ0n) is 10.2. The molecule has 2 N–H and O–H groups in total. The molecule has 98 valence electrons. The average Bonchev–Trinajstić information content (AvgIpc) is 2.98. The van der Waals surface area contributed by atoms with E-state index in [9.17, 15) is 0 Å². The Balaban J connectivity index is 1.99. The van der Waals surface area contributed by atoms with Gasteiger partial charge in [-0.2, -0.15) is 4.98 Å². The van der Waals surface area contributed by atoms with E-state index in [4.69, 9.17) is 15.0 Å². The van der Waals surface area contributed by atoms with Gasteiger partial charge >= 0.3 is 0 Å². The van der Waals surface area contributed by atoms with E-state index < -0.39 is 0 Å². The van der Waals surface area contributed by atoms with Crippen molar-refractivity contribution in [3.05, 3.63) is 12.0 Å². The molecule has 18 heavy (non-hydrogen) atoms. The van der Waals surface area contributed by atoms with Crippen molar-refractivity contribution in [2.24, 2.45) is 5.73 Å². The number of aromatic nitrogens is 5. The van der Waals surface area contributed by atoms with Crippen LogP contribution in [0.5, 0.6) is 0 Å². The van der Waals surface area contributed by atoms with Crippen molar-refractivity contribution in [3.63, 3.8) is 0 Å². The smallest absolute Gasteiger partial charge is 0.280 e. The SMILES string of the molecule is COCCCc1noc(-c2cn(CCN)nn2)n1. The van der Waals surface area contributed by atoms with Crippen LogP contribution in [0.4, 0.5) is 0 Å². The lowest BCUT2D eigenvalue weighted by Gasteiger charge is -1.93. The Morgan fingerprint density at radius 2 is 2.39 bits per heavy atom. The molecular formula is C10H16N6O2. The fraction of sp³-hybridized carbons (Fsp3) is 0.600. The monoisotopic (exact) mass is 252 g/mol. The topological polar surface area (TPSA) is 105 Å². The Kier molecular flexibility index (Phi) is 4.37. The molecule has 0 bridgehead atoms. The van der Waals surface area contributed by atoms with Gasteiger partial charge in [0.05, 0.1) is 12.7 Å². The summed E-state index contributed by atoms with van der Waals surface area (Å²) in [6.07, 6.45) is 3.31. The minimum Gasteiger partial charge on any atom is -0.385 e. The Morgan fingerprint density at radius 1 is 1.50 bits per heavy atom. The number of aryl methyl sites for hydroxylation is 1. The molecule has 2 aromatic heterocycles. The number of ether oxygens (including phenoxy) is 1. The standard InChI is InChI=1S/C10H16N6O2/c1-17-6-2-3-9-12-10(18-14-9)8-7-16(5-4-11)15-13-8/h7H,2-6,11H2,1H3.